The van der Waals surface area contributed by atoms with E-state index in [1.54, 1.807) is 6.07 Å². The van der Waals surface area contributed by atoms with Crippen molar-refractivity contribution >= 4 is 41.2 Å². The summed E-state index contributed by atoms with van der Waals surface area (Å²) >= 11 is 1.41. The lowest BCUT2D eigenvalue weighted by atomic mass is 10.1. The first kappa shape index (κ1) is 25.0. The Morgan fingerprint density at radius 1 is 0.844 bits per heavy atom. The smallest absolute Gasteiger partial charge is 0.369 e. The molecular weight excluding hydrogens is 459 g/mol. The molecular formula is C22H29ClF3N5S. The van der Waals surface area contributed by atoms with E-state index in [-0.39, 0.29) is 12.4 Å². The maximum Gasteiger partial charge on any atom is 0.416 e. The third-order valence-electron chi connectivity index (χ3n) is 5.80. The predicted molar refractivity (Wildman–Crippen MR) is 128 cm³/mol. The molecule has 2 heterocycles. The number of alkyl halides is 3. The number of halogens is 4. The number of rotatable bonds is 6. The average Bonchev–Trinajstić information content (AvgIpc) is 2.76. The van der Waals surface area contributed by atoms with E-state index in [1.807, 2.05) is 0 Å². The molecule has 0 unspecified atom stereocenters. The van der Waals surface area contributed by atoms with Crippen molar-refractivity contribution in [2.75, 3.05) is 62.2 Å². The molecule has 0 spiro atoms. The highest BCUT2D eigenvalue weighted by atomic mass is 35.5. The lowest BCUT2D eigenvalue weighted by molar-refractivity contribution is -0.137. The number of piperazine rings is 1. The Labute approximate surface area is 197 Å². The summed E-state index contributed by atoms with van der Waals surface area (Å²) in [4.78, 5) is 8.39. The summed E-state index contributed by atoms with van der Waals surface area (Å²) in [6, 6.07) is 10.3. The van der Waals surface area contributed by atoms with Crippen LogP contribution in [0.5, 0.6) is 0 Å². The van der Waals surface area contributed by atoms with Crippen molar-refractivity contribution in [3.63, 3.8) is 0 Å². The normalized spacial score (nSPS) is 16.4. The van der Waals surface area contributed by atoms with Crippen LogP contribution in [0.1, 0.15) is 12.0 Å². The first-order chi connectivity index (χ1) is 14.9. The molecule has 0 amide bonds. The van der Waals surface area contributed by atoms with Crippen LogP contribution in [0.2, 0.25) is 0 Å². The Kier molecular flexibility index (Phi) is 8.21. The third-order valence-corrected chi connectivity index (χ3v) is 6.89. The molecule has 176 valence electrons. The molecule has 2 aliphatic rings. The quantitative estimate of drug-likeness (QED) is 0.638. The van der Waals surface area contributed by atoms with Gasteiger partial charge in [0.1, 0.15) is 0 Å². The zero-order valence-corrected chi connectivity index (χ0v) is 19.4. The second-order valence-electron chi connectivity index (χ2n) is 7.85. The number of fused-ring (bicyclic) bond motifs is 2. The van der Waals surface area contributed by atoms with Gasteiger partial charge in [-0.3, -0.25) is 4.90 Å². The highest BCUT2D eigenvalue weighted by Crippen LogP contribution is 2.50. The van der Waals surface area contributed by atoms with Crippen LogP contribution in [0.3, 0.4) is 0 Å². The molecule has 2 aromatic carbocycles. The fourth-order valence-corrected chi connectivity index (χ4v) is 5.32. The van der Waals surface area contributed by atoms with E-state index in [0.29, 0.717) is 24.5 Å². The second kappa shape index (κ2) is 10.5. The van der Waals surface area contributed by atoms with Gasteiger partial charge in [-0.15, -0.1) is 12.4 Å². The maximum absolute atomic E-state index is 13.3. The molecule has 1 saturated heterocycles. The van der Waals surface area contributed by atoms with E-state index < -0.39 is 11.7 Å². The van der Waals surface area contributed by atoms with Crippen LogP contribution in [-0.4, -0.2) is 57.3 Å². The van der Waals surface area contributed by atoms with E-state index in [0.717, 1.165) is 67.2 Å². The van der Waals surface area contributed by atoms with E-state index in [2.05, 4.69) is 32.9 Å². The molecule has 0 atom stereocenters. The van der Waals surface area contributed by atoms with Gasteiger partial charge in [0.25, 0.3) is 0 Å². The van der Waals surface area contributed by atoms with E-state index in [9.17, 15) is 13.2 Å². The first-order valence-corrected chi connectivity index (χ1v) is 11.4. The van der Waals surface area contributed by atoms with Gasteiger partial charge in [0, 0.05) is 61.3 Å². The van der Waals surface area contributed by atoms with Gasteiger partial charge in [0.15, 0.2) is 0 Å². The largest absolute Gasteiger partial charge is 0.416 e. The summed E-state index contributed by atoms with van der Waals surface area (Å²) in [5.41, 5.74) is 13.7. The lowest BCUT2D eigenvalue weighted by Gasteiger charge is -2.37. The van der Waals surface area contributed by atoms with Crippen molar-refractivity contribution in [3.8, 4) is 0 Å². The zero-order chi connectivity index (χ0) is 22.0. The van der Waals surface area contributed by atoms with Crippen molar-refractivity contribution in [1.29, 1.82) is 0 Å². The van der Waals surface area contributed by atoms with Crippen LogP contribution >= 0.6 is 24.2 Å². The minimum absolute atomic E-state index is 0. The molecule has 0 radical (unpaired) electrons. The standard InChI is InChI=1S/C22H28F3N5S.ClH/c23-22(24,25)16-2-4-18-20(14-16)31-21-15-17(3-5-19(21)30(18)8-1-6-26)29-12-10-28(9-7-27)11-13-29;/h2-5,14-15H,1,6-13,26-27H2;1H. The number of nitrogens with zero attached hydrogens (tertiary/aromatic N) is 3. The number of nitrogens with two attached hydrogens (primary N) is 2. The van der Waals surface area contributed by atoms with Crippen molar-refractivity contribution < 1.29 is 13.2 Å². The minimum atomic E-state index is -4.36. The minimum Gasteiger partial charge on any atom is -0.369 e. The van der Waals surface area contributed by atoms with Crippen LogP contribution < -0.4 is 21.3 Å². The third kappa shape index (κ3) is 5.28. The Balaban J connectivity index is 0.00000289. The molecule has 5 nitrogen and oxygen atoms in total. The summed E-state index contributed by atoms with van der Waals surface area (Å²) in [6.07, 6.45) is -3.60. The highest BCUT2D eigenvalue weighted by Gasteiger charge is 2.33. The van der Waals surface area contributed by atoms with Gasteiger partial charge in [0.2, 0.25) is 0 Å². The van der Waals surface area contributed by atoms with Crippen LogP contribution in [0.15, 0.2) is 46.2 Å². The summed E-state index contributed by atoms with van der Waals surface area (Å²) in [7, 11) is 0. The predicted octanol–water partition coefficient (Wildman–Crippen LogP) is 4.16. The fourth-order valence-electron chi connectivity index (χ4n) is 4.15. The SMILES string of the molecule is Cl.NCCCN1c2ccc(N3CCN(CCN)CC3)cc2Sc2cc(C(F)(F)F)ccc21. The summed E-state index contributed by atoms with van der Waals surface area (Å²) < 4.78 is 39.9. The topological polar surface area (TPSA) is 61.8 Å². The summed E-state index contributed by atoms with van der Waals surface area (Å²) in [5.74, 6) is 0. The van der Waals surface area contributed by atoms with Gasteiger partial charge < -0.3 is 21.3 Å². The zero-order valence-electron chi connectivity index (χ0n) is 17.8. The molecule has 0 aliphatic carbocycles. The van der Waals surface area contributed by atoms with Gasteiger partial charge >= 0.3 is 6.18 Å². The van der Waals surface area contributed by atoms with Crippen LogP contribution in [0.4, 0.5) is 30.2 Å². The molecule has 0 aromatic heterocycles. The monoisotopic (exact) mass is 487 g/mol. The number of anilines is 3. The number of benzene rings is 2. The summed E-state index contributed by atoms with van der Waals surface area (Å²) in [5, 5.41) is 0. The summed E-state index contributed by atoms with van der Waals surface area (Å²) in [6.45, 7) is 6.50. The fraction of sp³-hybridized carbons (Fsp3) is 0.455. The molecule has 0 bridgehead atoms. The first-order valence-electron chi connectivity index (χ1n) is 10.6. The molecule has 4 rings (SSSR count). The molecule has 0 saturated carbocycles. The Bertz CT molecular complexity index is 919. The van der Waals surface area contributed by atoms with Crippen molar-refractivity contribution in [3.05, 3.63) is 42.0 Å². The maximum atomic E-state index is 13.3. The lowest BCUT2D eigenvalue weighted by Crippen LogP contribution is -2.47. The highest BCUT2D eigenvalue weighted by molar-refractivity contribution is 7.99. The van der Waals surface area contributed by atoms with Gasteiger partial charge in [-0.05, 0) is 49.4 Å². The van der Waals surface area contributed by atoms with Crippen molar-refractivity contribution in [1.82, 2.24) is 4.90 Å². The Morgan fingerprint density at radius 2 is 1.50 bits per heavy atom. The van der Waals surface area contributed by atoms with E-state index in [1.165, 1.54) is 17.8 Å². The molecule has 32 heavy (non-hydrogen) atoms. The Hall–Kier alpha value is -1.65. The molecule has 4 N–H and O–H groups in total. The van der Waals surface area contributed by atoms with Crippen LogP contribution in [0.25, 0.3) is 0 Å². The molecule has 2 aliphatic heterocycles. The van der Waals surface area contributed by atoms with Gasteiger partial charge in [-0.25, -0.2) is 0 Å². The van der Waals surface area contributed by atoms with Crippen LogP contribution in [-0.2, 0) is 6.18 Å². The van der Waals surface area contributed by atoms with Gasteiger partial charge in [0.05, 0.1) is 16.9 Å². The Morgan fingerprint density at radius 3 is 2.12 bits per heavy atom. The van der Waals surface area contributed by atoms with Crippen molar-refractivity contribution in [2.24, 2.45) is 11.5 Å². The van der Waals surface area contributed by atoms with Crippen LogP contribution in [0, 0.1) is 0 Å². The number of hydrogen-bond acceptors (Lipinski definition) is 6. The van der Waals surface area contributed by atoms with Gasteiger partial charge in [-0.2, -0.15) is 13.2 Å². The molecule has 10 heteroatoms. The van der Waals surface area contributed by atoms with Crippen molar-refractivity contribution in [2.45, 2.75) is 22.4 Å². The molecule has 2 aromatic rings. The number of hydrogen-bond donors (Lipinski definition) is 2. The molecule has 1 fully saturated rings. The van der Waals surface area contributed by atoms with E-state index in [4.69, 9.17) is 11.5 Å². The van der Waals surface area contributed by atoms with Gasteiger partial charge in [-0.1, -0.05) is 11.8 Å². The second-order valence-corrected chi connectivity index (χ2v) is 8.93. The van der Waals surface area contributed by atoms with E-state index >= 15 is 0 Å². The average molecular weight is 488 g/mol.